The highest BCUT2D eigenvalue weighted by Gasteiger charge is 2.03. The molecule has 0 fully saturated rings. The molecule has 0 spiro atoms. The van der Waals surface area contributed by atoms with Crippen LogP contribution in [0, 0.1) is 5.82 Å². The highest BCUT2D eigenvalue weighted by atomic mass is 127. The second-order valence-corrected chi connectivity index (χ2v) is 5.44. The van der Waals surface area contributed by atoms with Gasteiger partial charge in [0.15, 0.2) is 5.96 Å². The van der Waals surface area contributed by atoms with Crippen molar-refractivity contribution in [1.29, 1.82) is 0 Å². The molecular weight excluding hydrogens is 446 g/mol. The van der Waals surface area contributed by atoms with Crippen LogP contribution in [0.1, 0.15) is 18.1 Å². The number of rotatable bonds is 7. The number of aliphatic imine (C=N–C) groups is 1. The van der Waals surface area contributed by atoms with Gasteiger partial charge in [-0.3, -0.25) is 4.79 Å². The van der Waals surface area contributed by atoms with Crippen molar-refractivity contribution in [3.8, 4) is 0 Å². The molecule has 0 unspecified atom stereocenters. The largest absolute Gasteiger partial charge is 0.357 e. The number of nitrogens with zero attached hydrogens (tertiary/aromatic N) is 1. The summed E-state index contributed by atoms with van der Waals surface area (Å²) in [6, 6.07) is 15.9. The number of nitrogens with one attached hydrogen (secondary N) is 3. The number of carbonyl (C=O) groups is 1. The summed E-state index contributed by atoms with van der Waals surface area (Å²) in [7, 11) is 0. The molecule has 0 aromatic heterocycles. The molecule has 0 radical (unpaired) electrons. The van der Waals surface area contributed by atoms with Gasteiger partial charge in [-0.2, -0.15) is 0 Å². The van der Waals surface area contributed by atoms with Crippen molar-refractivity contribution in [1.82, 2.24) is 16.0 Å². The Labute approximate surface area is 170 Å². The first-order chi connectivity index (χ1) is 12.2. The van der Waals surface area contributed by atoms with E-state index in [0.29, 0.717) is 25.6 Å². The molecule has 0 bridgehead atoms. The maximum Gasteiger partial charge on any atom is 0.239 e. The summed E-state index contributed by atoms with van der Waals surface area (Å²) in [4.78, 5) is 16.3. The third-order valence-corrected chi connectivity index (χ3v) is 3.43. The van der Waals surface area contributed by atoms with Gasteiger partial charge in [0.05, 0.1) is 13.1 Å². The molecule has 140 valence electrons. The average molecular weight is 470 g/mol. The van der Waals surface area contributed by atoms with Gasteiger partial charge < -0.3 is 16.0 Å². The Bertz CT molecular complexity index is 692. The first-order valence-electron chi connectivity index (χ1n) is 8.24. The van der Waals surface area contributed by atoms with Crippen LogP contribution >= 0.6 is 24.0 Å². The maximum atomic E-state index is 12.9. The highest BCUT2D eigenvalue weighted by molar-refractivity contribution is 14.0. The summed E-state index contributed by atoms with van der Waals surface area (Å²) >= 11 is 0. The molecule has 0 aliphatic heterocycles. The summed E-state index contributed by atoms with van der Waals surface area (Å²) in [5.41, 5.74) is 1.94. The van der Waals surface area contributed by atoms with Gasteiger partial charge in [-0.05, 0) is 30.2 Å². The molecule has 3 N–H and O–H groups in total. The van der Waals surface area contributed by atoms with Crippen LogP contribution in [0.25, 0.3) is 0 Å². The summed E-state index contributed by atoms with van der Waals surface area (Å²) < 4.78 is 12.9. The topological polar surface area (TPSA) is 65.5 Å². The first-order valence-corrected chi connectivity index (χ1v) is 8.24. The Morgan fingerprint density at radius 2 is 1.65 bits per heavy atom. The standard InChI is InChI=1S/C19H23FN4O.HI/c1-2-21-19(23-13-16-8-10-17(20)11-9-16)24-14-18(25)22-12-15-6-4-3-5-7-15;/h3-11H,2,12-14H2,1H3,(H,22,25)(H2,21,23,24);1H. The number of benzene rings is 2. The van der Waals surface area contributed by atoms with Gasteiger partial charge in [0, 0.05) is 13.1 Å². The van der Waals surface area contributed by atoms with Crippen LogP contribution in [0.2, 0.25) is 0 Å². The highest BCUT2D eigenvalue weighted by Crippen LogP contribution is 2.03. The maximum absolute atomic E-state index is 12.9. The van der Waals surface area contributed by atoms with E-state index in [1.807, 2.05) is 37.3 Å². The van der Waals surface area contributed by atoms with Gasteiger partial charge >= 0.3 is 0 Å². The third kappa shape index (κ3) is 8.28. The fourth-order valence-corrected chi connectivity index (χ4v) is 2.12. The van der Waals surface area contributed by atoms with Crippen molar-refractivity contribution in [2.45, 2.75) is 20.0 Å². The minimum absolute atomic E-state index is 0. The van der Waals surface area contributed by atoms with Crippen LogP contribution in [0.15, 0.2) is 59.6 Å². The van der Waals surface area contributed by atoms with Crippen LogP contribution < -0.4 is 16.0 Å². The van der Waals surface area contributed by atoms with Crippen molar-refractivity contribution >= 4 is 35.8 Å². The fraction of sp³-hybridized carbons (Fsp3) is 0.263. The predicted octanol–water partition coefficient (Wildman–Crippen LogP) is 2.82. The van der Waals surface area contributed by atoms with E-state index < -0.39 is 0 Å². The minimum atomic E-state index is -0.271. The van der Waals surface area contributed by atoms with E-state index in [0.717, 1.165) is 11.1 Å². The van der Waals surface area contributed by atoms with E-state index >= 15 is 0 Å². The molecule has 26 heavy (non-hydrogen) atoms. The molecule has 2 rings (SSSR count). The van der Waals surface area contributed by atoms with Crippen LogP contribution in [0.4, 0.5) is 4.39 Å². The van der Waals surface area contributed by atoms with Crippen LogP contribution in [-0.4, -0.2) is 25.0 Å². The molecule has 0 aliphatic carbocycles. The van der Waals surface area contributed by atoms with E-state index in [-0.39, 0.29) is 42.2 Å². The molecule has 7 heteroatoms. The van der Waals surface area contributed by atoms with E-state index in [4.69, 9.17) is 0 Å². The lowest BCUT2D eigenvalue weighted by molar-refractivity contribution is -0.120. The van der Waals surface area contributed by atoms with Gasteiger partial charge in [0.1, 0.15) is 5.82 Å². The zero-order valence-corrected chi connectivity index (χ0v) is 17.0. The van der Waals surface area contributed by atoms with Crippen LogP contribution in [0.3, 0.4) is 0 Å². The summed E-state index contributed by atoms with van der Waals surface area (Å²) in [6.07, 6.45) is 0. The number of hydrogen-bond donors (Lipinski definition) is 3. The second kappa shape index (κ2) is 12.2. The zero-order valence-electron chi connectivity index (χ0n) is 14.7. The van der Waals surface area contributed by atoms with Gasteiger partial charge in [0.25, 0.3) is 0 Å². The van der Waals surface area contributed by atoms with Crippen molar-refractivity contribution in [2.24, 2.45) is 4.99 Å². The van der Waals surface area contributed by atoms with Crippen molar-refractivity contribution in [3.05, 3.63) is 71.5 Å². The molecule has 0 heterocycles. The SMILES string of the molecule is CCNC(=NCc1ccc(F)cc1)NCC(=O)NCc1ccccc1.I. The number of carbonyl (C=O) groups excluding carboxylic acids is 1. The number of hydrogen-bond acceptors (Lipinski definition) is 2. The smallest absolute Gasteiger partial charge is 0.239 e. The van der Waals surface area contributed by atoms with Gasteiger partial charge in [-0.1, -0.05) is 42.5 Å². The van der Waals surface area contributed by atoms with Crippen LogP contribution in [-0.2, 0) is 17.9 Å². The molecule has 0 atom stereocenters. The summed E-state index contributed by atoms with van der Waals surface area (Å²) in [6.45, 7) is 3.65. The Morgan fingerprint density at radius 3 is 2.31 bits per heavy atom. The summed E-state index contributed by atoms with van der Waals surface area (Å²) in [5, 5.41) is 8.92. The quantitative estimate of drug-likeness (QED) is 0.332. The third-order valence-electron chi connectivity index (χ3n) is 3.43. The minimum Gasteiger partial charge on any atom is -0.357 e. The lowest BCUT2D eigenvalue weighted by Crippen LogP contribution is -2.43. The number of halogens is 2. The van der Waals surface area contributed by atoms with Gasteiger partial charge in [0.2, 0.25) is 5.91 Å². The molecule has 2 aromatic rings. The lowest BCUT2D eigenvalue weighted by atomic mass is 10.2. The molecule has 0 saturated heterocycles. The zero-order chi connectivity index (χ0) is 17.9. The van der Waals surface area contributed by atoms with Gasteiger partial charge in [-0.25, -0.2) is 9.38 Å². The monoisotopic (exact) mass is 470 g/mol. The van der Waals surface area contributed by atoms with Gasteiger partial charge in [-0.15, -0.1) is 24.0 Å². The van der Waals surface area contributed by atoms with Crippen molar-refractivity contribution in [3.63, 3.8) is 0 Å². The molecule has 5 nitrogen and oxygen atoms in total. The van der Waals surface area contributed by atoms with Crippen molar-refractivity contribution < 1.29 is 9.18 Å². The summed E-state index contributed by atoms with van der Waals surface area (Å²) in [5.74, 6) is 0.158. The average Bonchev–Trinajstić information content (AvgIpc) is 2.64. The Kier molecular flexibility index (Phi) is 10.3. The fourth-order valence-electron chi connectivity index (χ4n) is 2.12. The van der Waals surface area contributed by atoms with Crippen molar-refractivity contribution in [2.75, 3.05) is 13.1 Å². The molecule has 0 saturated carbocycles. The predicted molar refractivity (Wildman–Crippen MR) is 113 cm³/mol. The number of guanidine groups is 1. The lowest BCUT2D eigenvalue weighted by Gasteiger charge is -2.11. The normalized spacial score (nSPS) is 10.6. The van der Waals surface area contributed by atoms with E-state index in [9.17, 15) is 9.18 Å². The Balaban J connectivity index is 0.00000338. The van der Waals surface area contributed by atoms with E-state index in [1.165, 1.54) is 12.1 Å². The second-order valence-electron chi connectivity index (χ2n) is 5.44. The molecule has 0 aliphatic rings. The first kappa shape index (κ1) is 21.9. The number of amides is 1. The molecular formula is C19H24FIN4O. The molecule has 1 amide bonds. The molecule has 2 aromatic carbocycles. The Morgan fingerprint density at radius 1 is 0.962 bits per heavy atom. The van der Waals surface area contributed by atoms with E-state index in [2.05, 4.69) is 20.9 Å². The van der Waals surface area contributed by atoms with Crippen LogP contribution in [0.5, 0.6) is 0 Å². The van der Waals surface area contributed by atoms with E-state index in [1.54, 1.807) is 12.1 Å². The Hall–Kier alpha value is -2.16.